The Kier molecular flexibility index (Phi) is 7.18. The lowest BCUT2D eigenvalue weighted by Crippen LogP contribution is -2.54. The van der Waals surface area contributed by atoms with Crippen molar-refractivity contribution in [3.05, 3.63) is 65.4 Å². The molecule has 0 saturated carbocycles. The number of amides is 1. The molecular formula is C36H37N7O4. The highest BCUT2D eigenvalue weighted by molar-refractivity contribution is 6.17. The lowest BCUT2D eigenvalue weighted by Gasteiger charge is -2.41. The fourth-order valence-corrected chi connectivity index (χ4v) is 7.30. The lowest BCUT2D eigenvalue weighted by atomic mass is 9.96. The molecule has 6 aromatic rings. The monoisotopic (exact) mass is 631 g/mol. The minimum Gasteiger partial charge on any atom is -0.496 e. The van der Waals surface area contributed by atoms with Crippen LogP contribution in [-0.4, -0.2) is 81.0 Å². The Morgan fingerprint density at radius 1 is 1.02 bits per heavy atom. The van der Waals surface area contributed by atoms with Gasteiger partial charge in [0, 0.05) is 54.3 Å². The van der Waals surface area contributed by atoms with Crippen molar-refractivity contribution in [1.82, 2.24) is 34.9 Å². The number of ether oxygens (including phenoxy) is 2. The lowest BCUT2D eigenvalue weighted by molar-refractivity contribution is -0.0716. The molecule has 2 saturated heterocycles. The summed E-state index contributed by atoms with van der Waals surface area (Å²) in [6, 6.07) is 12.6. The molecular weight excluding hydrogens is 594 g/mol. The van der Waals surface area contributed by atoms with Crippen LogP contribution >= 0.6 is 0 Å². The van der Waals surface area contributed by atoms with Gasteiger partial charge >= 0.3 is 0 Å². The second-order valence-corrected chi connectivity index (χ2v) is 12.7. The minimum atomic E-state index is -0.101. The topological polar surface area (TPSA) is 120 Å². The molecule has 0 atom stereocenters. The van der Waals surface area contributed by atoms with Gasteiger partial charge in [-0.05, 0) is 57.9 Å². The van der Waals surface area contributed by atoms with Crippen LogP contribution < -0.4 is 10.1 Å². The third kappa shape index (κ3) is 4.83. The van der Waals surface area contributed by atoms with Gasteiger partial charge in [0.15, 0.2) is 0 Å². The molecule has 11 heteroatoms. The van der Waals surface area contributed by atoms with Crippen LogP contribution in [0.1, 0.15) is 40.5 Å². The molecule has 1 amide bonds. The van der Waals surface area contributed by atoms with Crippen LogP contribution in [0.25, 0.3) is 55.2 Å². The fraction of sp³-hybridized carbons (Fsp3) is 0.361. The Morgan fingerprint density at radius 3 is 2.53 bits per heavy atom. The van der Waals surface area contributed by atoms with Crippen molar-refractivity contribution in [2.75, 3.05) is 33.4 Å². The van der Waals surface area contributed by atoms with Gasteiger partial charge in [-0.2, -0.15) is 0 Å². The van der Waals surface area contributed by atoms with Gasteiger partial charge in [-0.3, -0.25) is 14.7 Å². The van der Waals surface area contributed by atoms with E-state index < -0.39 is 0 Å². The van der Waals surface area contributed by atoms with E-state index in [1.165, 1.54) is 0 Å². The quantitative estimate of drug-likeness (QED) is 0.253. The number of aromatic nitrogens is 5. The van der Waals surface area contributed by atoms with Crippen molar-refractivity contribution >= 4 is 38.7 Å². The molecule has 2 aromatic carbocycles. The number of rotatable bonds is 6. The molecule has 0 unspecified atom stereocenters. The Labute approximate surface area is 271 Å². The van der Waals surface area contributed by atoms with Crippen LogP contribution in [0.3, 0.4) is 0 Å². The van der Waals surface area contributed by atoms with E-state index in [-0.39, 0.29) is 11.9 Å². The highest BCUT2D eigenvalue weighted by Gasteiger charge is 2.31. The standard InChI is InChI=1S/C36H37N7O4/c1-19-31(20(2)47-41-19)28-15-29-27(16-30(28)45-5)32-34(38-21(3)39-35(32)42(29)4)25-8-9-26(33-24(25)7-6-12-37-33)36(44)40-22-10-13-43(14-11-22)23-17-46-18-23/h6-9,12,15-16,22-23H,10-11,13-14,17-18H2,1-5H3,(H,40,44). The Morgan fingerprint density at radius 2 is 1.83 bits per heavy atom. The SMILES string of the molecule is COc1cc2c3c(-c4ccc(C(=O)NC5CCN(C6COC6)CC5)c5ncccc45)nc(C)nc3n(C)c2cc1-c1c(C)noc1C. The number of likely N-dealkylation sites (tertiary alicyclic amines) is 1. The number of methoxy groups -OCH3 is 1. The van der Waals surface area contributed by atoms with E-state index in [0.717, 1.165) is 100 Å². The first-order chi connectivity index (χ1) is 22.8. The number of hydrogen-bond acceptors (Lipinski definition) is 9. The van der Waals surface area contributed by atoms with Gasteiger partial charge < -0.3 is 23.9 Å². The fourth-order valence-electron chi connectivity index (χ4n) is 7.30. The summed E-state index contributed by atoms with van der Waals surface area (Å²) < 4.78 is 18.9. The summed E-state index contributed by atoms with van der Waals surface area (Å²) in [7, 11) is 3.69. The molecule has 8 rings (SSSR count). The van der Waals surface area contributed by atoms with Crippen LogP contribution in [0, 0.1) is 20.8 Å². The van der Waals surface area contributed by atoms with E-state index in [9.17, 15) is 4.79 Å². The van der Waals surface area contributed by atoms with Crippen molar-refractivity contribution in [3.63, 3.8) is 0 Å². The number of carbonyl (C=O) groups is 1. The summed E-state index contributed by atoms with van der Waals surface area (Å²) in [4.78, 5) is 30.8. The van der Waals surface area contributed by atoms with E-state index in [4.69, 9.17) is 28.9 Å². The zero-order chi connectivity index (χ0) is 32.4. The summed E-state index contributed by atoms with van der Waals surface area (Å²) in [6.07, 6.45) is 3.58. The molecule has 11 nitrogen and oxygen atoms in total. The summed E-state index contributed by atoms with van der Waals surface area (Å²) in [6.45, 7) is 9.31. The summed E-state index contributed by atoms with van der Waals surface area (Å²) in [5.41, 5.74) is 7.28. The number of aryl methyl sites for hydroxylation is 4. The smallest absolute Gasteiger partial charge is 0.253 e. The Hall–Kier alpha value is -4.87. The van der Waals surface area contributed by atoms with Crippen LogP contribution in [-0.2, 0) is 11.8 Å². The maximum atomic E-state index is 13.7. The Bertz CT molecular complexity index is 2170. The first-order valence-corrected chi connectivity index (χ1v) is 16.1. The van der Waals surface area contributed by atoms with Gasteiger partial charge in [0.1, 0.15) is 23.0 Å². The molecule has 2 fully saturated rings. The normalized spacial score (nSPS) is 16.3. The summed E-state index contributed by atoms with van der Waals surface area (Å²) in [5.74, 6) is 1.98. The largest absolute Gasteiger partial charge is 0.496 e. The maximum absolute atomic E-state index is 13.7. The molecule has 0 radical (unpaired) electrons. The number of pyridine rings is 1. The second kappa shape index (κ2) is 11.4. The van der Waals surface area contributed by atoms with Crippen molar-refractivity contribution < 1.29 is 18.8 Å². The minimum absolute atomic E-state index is 0.101. The number of carbonyl (C=O) groups excluding carboxylic acids is 1. The maximum Gasteiger partial charge on any atom is 0.253 e. The first-order valence-electron chi connectivity index (χ1n) is 16.1. The van der Waals surface area contributed by atoms with Gasteiger partial charge in [-0.25, -0.2) is 9.97 Å². The van der Waals surface area contributed by atoms with Crippen LogP contribution in [0.4, 0.5) is 0 Å². The number of nitrogens with one attached hydrogen (secondary N) is 1. The molecule has 1 N–H and O–H groups in total. The number of piperidine rings is 1. The molecule has 0 bridgehead atoms. The van der Waals surface area contributed by atoms with Crippen molar-refractivity contribution in [1.29, 1.82) is 0 Å². The van der Waals surface area contributed by atoms with Gasteiger partial charge in [0.05, 0.1) is 65.3 Å². The molecule has 4 aromatic heterocycles. The van der Waals surface area contributed by atoms with Crippen molar-refractivity contribution in [3.8, 4) is 28.1 Å². The molecule has 240 valence electrons. The van der Waals surface area contributed by atoms with Gasteiger partial charge in [-0.1, -0.05) is 17.3 Å². The number of benzene rings is 2. The molecule has 0 aliphatic carbocycles. The van der Waals surface area contributed by atoms with Crippen molar-refractivity contribution in [2.24, 2.45) is 7.05 Å². The number of nitrogens with zero attached hydrogens (tertiary/aromatic N) is 6. The highest BCUT2D eigenvalue weighted by Crippen LogP contribution is 2.43. The summed E-state index contributed by atoms with van der Waals surface area (Å²) >= 11 is 0. The predicted molar refractivity (Wildman–Crippen MR) is 180 cm³/mol. The van der Waals surface area contributed by atoms with Gasteiger partial charge in [0.25, 0.3) is 5.91 Å². The van der Waals surface area contributed by atoms with E-state index >= 15 is 0 Å². The molecule has 0 spiro atoms. The third-order valence-corrected chi connectivity index (χ3v) is 9.84. The number of hydrogen-bond donors (Lipinski definition) is 1. The third-order valence-electron chi connectivity index (χ3n) is 9.84. The van der Waals surface area contributed by atoms with Crippen LogP contribution in [0.15, 0.2) is 47.1 Å². The zero-order valence-electron chi connectivity index (χ0n) is 27.3. The second-order valence-electron chi connectivity index (χ2n) is 12.7. The van der Waals surface area contributed by atoms with Gasteiger partial charge in [-0.15, -0.1) is 0 Å². The average molecular weight is 632 g/mol. The zero-order valence-corrected chi connectivity index (χ0v) is 27.3. The molecule has 2 aliphatic heterocycles. The first kappa shape index (κ1) is 29.5. The van der Waals surface area contributed by atoms with Gasteiger partial charge in [0.2, 0.25) is 0 Å². The predicted octanol–water partition coefficient (Wildman–Crippen LogP) is 5.52. The Balaban J connectivity index is 1.22. The van der Waals surface area contributed by atoms with E-state index in [1.54, 1.807) is 13.3 Å². The molecule has 6 heterocycles. The van der Waals surface area contributed by atoms with E-state index in [0.29, 0.717) is 28.7 Å². The average Bonchev–Trinajstić information content (AvgIpc) is 3.53. The highest BCUT2D eigenvalue weighted by atomic mass is 16.5. The molecule has 47 heavy (non-hydrogen) atoms. The van der Waals surface area contributed by atoms with Crippen LogP contribution in [0.2, 0.25) is 0 Å². The summed E-state index contributed by atoms with van der Waals surface area (Å²) in [5, 5.41) is 10.2. The van der Waals surface area contributed by atoms with E-state index in [1.807, 2.05) is 58.2 Å². The van der Waals surface area contributed by atoms with E-state index in [2.05, 4.69) is 26.0 Å². The van der Waals surface area contributed by atoms with Crippen LogP contribution in [0.5, 0.6) is 5.75 Å². The van der Waals surface area contributed by atoms with Crippen molar-refractivity contribution in [2.45, 2.75) is 45.7 Å². The molecule has 2 aliphatic rings. The number of fused-ring (bicyclic) bond motifs is 4.